The summed E-state index contributed by atoms with van der Waals surface area (Å²) < 4.78 is 62.1. The first-order valence-electron chi connectivity index (χ1n) is 17.2. The molecule has 0 bridgehead atoms. The molecule has 2 aromatic carbocycles. The Morgan fingerprint density at radius 3 is 2.45 bits per heavy atom. The summed E-state index contributed by atoms with van der Waals surface area (Å²) in [6, 6.07) is 2.87. The van der Waals surface area contributed by atoms with Crippen LogP contribution in [0, 0.1) is 19.7 Å². The van der Waals surface area contributed by atoms with E-state index in [0.29, 0.717) is 25.0 Å². The summed E-state index contributed by atoms with van der Waals surface area (Å²) in [6.07, 6.45) is 3.12. The van der Waals surface area contributed by atoms with Crippen LogP contribution in [0.2, 0.25) is 0 Å². The maximum Gasteiger partial charge on any atom is 0.341 e. The smallest absolute Gasteiger partial charge is 0.341 e. The third-order valence-electron chi connectivity index (χ3n) is 10.9. The summed E-state index contributed by atoms with van der Waals surface area (Å²) in [4.78, 5) is 45.4. The fourth-order valence-corrected chi connectivity index (χ4v) is 9.58. The van der Waals surface area contributed by atoms with Gasteiger partial charge in [0.2, 0.25) is 10.0 Å². The first kappa shape index (κ1) is 36.7. The molecular formula is C36H46FN5O8S. The summed E-state index contributed by atoms with van der Waals surface area (Å²) in [7, 11) is 1.77. The van der Waals surface area contributed by atoms with Crippen molar-refractivity contribution in [1.82, 2.24) is 14.1 Å². The molecule has 2 fully saturated rings. The van der Waals surface area contributed by atoms with Gasteiger partial charge in [-0.15, -0.1) is 0 Å². The normalized spacial score (nSPS) is 18.9. The van der Waals surface area contributed by atoms with E-state index in [1.807, 2.05) is 13.8 Å². The van der Waals surface area contributed by atoms with Crippen LogP contribution < -0.4 is 21.0 Å². The standard InChI is InChI=1S/C36H46FN5O8S/c1-20-15-27(41-14-13-39(3)23(17-41)19-48-5)21(2)32-29(20)24-11-12-42(18-26(24)36(45)50-32)35(44)30-28(16-25(34(38)43)33(49-6)31(30)37)51(46,47)40(4)22-9-7-8-10-22/h15-16,22-23H,7-14,17-19H2,1-6H3,(H2,38,43). The van der Waals surface area contributed by atoms with E-state index < -0.39 is 55.1 Å². The third-order valence-corrected chi connectivity index (χ3v) is 12.9. The highest BCUT2D eigenvalue weighted by atomic mass is 32.2. The Morgan fingerprint density at radius 1 is 1.10 bits per heavy atom. The second kappa shape index (κ2) is 14.2. The van der Waals surface area contributed by atoms with Crippen molar-refractivity contribution >= 4 is 38.5 Å². The molecule has 1 saturated carbocycles. The van der Waals surface area contributed by atoms with Crippen molar-refractivity contribution in [3.8, 4) is 5.75 Å². The number of primary amides is 1. The van der Waals surface area contributed by atoms with Crippen LogP contribution in [0.5, 0.6) is 5.75 Å². The number of hydrogen-bond donors (Lipinski definition) is 1. The van der Waals surface area contributed by atoms with Gasteiger partial charge in [0, 0.05) is 63.0 Å². The molecule has 1 aromatic heterocycles. The fourth-order valence-electron chi connectivity index (χ4n) is 7.96. The second-order valence-corrected chi connectivity index (χ2v) is 15.8. The molecule has 2 N–H and O–H groups in total. The van der Waals surface area contributed by atoms with E-state index in [1.165, 1.54) is 11.9 Å². The van der Waals surface area contributed by atoms with E-state index in [0.717, 1.165) is 77.7 Å². The molecule has 276 valence electrons. The average molecular weight is 728 g/mol. The molecule has 1 saturated heterocycles. The summed E-state index contributed by atoms with van der Waals surface area (Å²) >= 11 is 0. The van der Waals surface area contributed by atoms with Crippen LogP contribution >= 0.6 is 0 Å². The lowest BCUT2D eigenvalue weighted by molar-refractivity contribution is 0.0722. The Morgan fingerprint density at radius 2 is 1.80 bits per heavy atom. The van der Waals surface area contributed by atoms with Gasteiger partial charge in [-0.3, -0.25) is 14.5 Å². The van der Waals surface area contributed by atoms with Gasteiger partial charge in [0.1, 0.15) is 5.58 Å². The van der Waals surface area contributed by atoms with E-state index in [1.54, 1.807) is 7.11 Å². The molecule has 1 unspecified atom stereocenters. The van der Waals surface area contributed by atoms with Crippen molar-refractivity contribution in [3.63, 3.8) is 0 Å². The van der Waals surface area contributed by atoms with Gasteiger partial charge in [0.15, 0.2) is 11.6 Å². The molecule has 1 aliphatic carbocycles. The van der Waals surface area contributed by atoms with Gasteiger partial charge in [-0.25, -0.2) is 17.6 Å². The van der Waals surface area contributed by atoms with Gasteiger partial charge in [0.25, 0.3) is 11.8 Å². The van der Waals surface area contributed by atoms with Crippen LogP contribution in [-0.4, -0.2) is 108 Å². The molecular weight excluding hydrogens is 681 g/mol. The molecule has 51 heavy (non-hydrogen) atoms. The topological polar surface area (TPSA) is 156 Å². The minimum Gasteiger partial charge on any atom is -0.493 e. The lowest BCUT2D eigenvalue weighted by Crippen LogP contribution is -2.53. The highest BCUT2D eigenvalue weighted by Gasteiger charge is 2.39. The number of carbonyl (C=O) groups excluding carboxylic acids is 2. The van der Waals surface area contributed by atoms with E-state index in [-0.39, 0.29) is 37.2 Å². The maximum absolute atomic E-state index is 16.3. The number of halogens is 1. The number of carbonyl (C=O) groups is 2. The predicted molar refractivity (Wildman–Crippen MR) is 190 cm³/mol. The largest absolute Gasteiger partial charge is 0.493 e. The molecule has 3 heterocycles. The van der Waals surface area contributed by atoms with Crippen molar-refractivity contribution < 1.29 is 36.3 Å². The number of amides is 2. The summed E-state index contributed by atoms with van der Waals surface area (Å²) in [5.74, 6) is -4.03. The minimum absolute atomic E-state index is 0.0685. The van der Waals surface area contributed by atoms with Crippen molar-refractivity contribution in [2.45, 2.75) is 69.5 Å². The molecule has 6 rings (SSSR count). The van der Waals surface area contributed by atoms with Gasteiger partial charge >= 0.3 is 5.63 Å². The Labute approximate surface area is 297 Å². The number of benzene rings is 2. The van der Waals surface area contributed by atoms with Gasteiger partial charge in [-0.2, -0.15) is 4.31 Å². The van der Waals surface area contributed by atoms with Crippen LogP contribution in [0.1, 0.15) is 68.7 Å². The average Bonchev–Trinajstić information content (AvgIpc) is 3.64. The zero-order valence-corrected chi connectivity index (χ0v) is 30.8. The number of likely N-dealkylation sites (N-methyl/N-ethyl adjacent to an activating group) is 1. The number of nitrogens with two attached hydrogens (primary N) is 1. The van der Waals surface area contributed by atoms with Crippen LogP contribution in [-0.2, 0) is 27.7 Å². The number of aryl methyl sites for hydroxylation is 2. The van der Waals surface area contributed by atoms with Gasteiger partial charge in [0.05, 0.1) is 47.9 Å². The van der Waals surface area contributed by atoms with Crippen molar-refractivity contribution in [3.05, 3.63) is 61.8 Å². The van der Waals surface area contributed by atoms with Crippen LogP contribution in [0.15, 0.2) is 26.2 Å². The van der Waals surface area contributed by atoms with Crippen LogP contribution in [0.25, 0.3) is 11.0 Å². The fraction of sp³-hybridized carbons (Fsp3) is 0.528. The highest BCUT2D eigenvalue weighted by molar-refractivity contribution is 7.89. The lowest BCUT2D eigenvalue weighted by Gasteiger charge is -2.41. The number of methoxy groups -OCH3 is 2. The Hall–Kier alpha value is -4.05. The Bertz CT molecular complexity index is 2060. The van der Waals surface area contributed by atoms with Gasteiger partial charge in [-0.05, 0) is 63.4 Å². The monoisotopic (exact) mass is 727 g/mol. The van der Waals surface area contributed by atoms with E-state index >= 15 is 4.39 Å². The molecule has 0 spiro atoms. The lowest BCUT2D eigenvalue weighted by atomic mass is 9.92. The maximum atomic E-state index is 16.3. The molecule has 0 radical (unpaired) electrons. The number of rotatable bonds is 9. The van der Waals surface area contributed by atoms with Crippen molar-refractivity contribution in [2.24, 2.45) is 5.73 Å². The molecule has 1 atom stereocenters. The molecule has 13 nitrogen and oxygen atoms in total. The summed E-state index contributed by atoms with van der Waals surface area (Å²) in [5, 5.41) is 0.792. The van der Waals surface area contributed by atoms with Crippen LogP contribution in [0.3, 0.4) is 0 Å². The molecule has 3 aromatic rings. The van der Waals surface area contributed by atoms with Crippen molar-refractivity contribution in [1.29, 1.82) is 0 Å². The zero-order chi connectivity index (χ0) is 36.9. The number of ether oxygens (including phenoxy) is 2. The number of sulfonamides is 1. The highest BCUT2D eigenvalue weighted by Crippen LogP contribution is 2.38. The zero-order valence-electron chi connectivity index (χ0n) is 30.0. The Balaban J connectivity index is 1.40. The van der Waals surface area contributed by atoms with E-state index in [4.69, 9.17) is 19.6 Å². The molecule has 2 aliphatic heterocycles. The van der Waals surface area contributed by atoms with Gasteiger partial charge < -0.3 is 29.4 Å². The van der Waals surface area contributed by atoms with Crippen molar-refractivity contribution in [2.75, 3.05) is 66.0 Å². The van der Waals surface area contributed by atoms with E-state index in [2.05, 4.69) is 22.9 Å². The second-order valence-electron chi connectivity index (χ2n) is 13.9. The number of hydrogen-bond acceptors (Lipinski definition) is 10. The minimum atomic E-state index is -4.48. The predicted octanol–water partition coefficient (Wildman–Crippen LogP) is 3.18. The Kier molecular flexibility index (Phi) is 10.2. The first-order valence-corrected chi connectivity index (χ1v) is 18.7. The van der Waals surface area contributed by atoms with Gasteiger partial charge in [-0.1, -0.05) is 12.8 Å². The van der Waals surface area contributed by atoms with Crippen LogP contribution in [0.4, 0.5) is 10.1 Å². The number of piperazine rings is 1. The number of fused-ring (bicyclic) bond motifs is 3. The van der Waals surface area contributed by atoms with E-state index in [9.17, 15) is 22.8 Å². The SMILES string of the molecule is COCC1CN(c2cc(C)c3c4c(c(=O)oc3c2C)CN(C(=O)c2c(S(=O)(=O)N(C)C3CCCC3)cc(C(N)=O)c(OC)c2F)CC4)CCN1C. The number of anilines is 1. The number of nitrogens with zero attached hydrogens (tertiary/aromatic N) is 4. The third kappa shape index (κ3) is 6.38. The molecule has 3 aliphatic rings. The first-order chi connectivity index (χ1) is 24.2. The molecule has 15 heteroatoms. The summed E-state index contributed by atoms with van der Waals surface area (Å²) in [5.41, 5.74) is 7.79. The molecule has 2 amide bonds. The summed E-state index contributed by atoms with van der Waals surface area (Å²) in [6.45, 7) is 6.72. The quantitative estimate of drug-likeness (QED) is 0.325.